The molecule has 0 atom stereocenters. The lowest BCUT2D eigenvalue weighted by Gasteiger charge is -2.11. The second kappa shape index (κ2) is 11.5. The Balaban J connectivity index is 1.92. The monoisotopic (exact) mass is 406 g/mol. The van der Waals surface area contributed by atoms with Crippen LogP contribution in [0.25, 0.3) is 0 Å². The molecule has 152 valence electrons. The van der Waals surface area contributed by atoms with Gasteiger partial charge in [0.1, 0.15) is 6.54 Å². The van der Waals surface area contributed by atoms with Crippen molar-refractivity contribution in [3.05, 3.63) is 41.7 Å². The molecule has 9 heteroatoms. The summed E-state index contributed by atoms with van der Waals surface area (Å²) in [4.78, 5) is 28.5. The molecule has 0 aliphatic heterocycles. The van der Waals surface area contributed by atoms with Crippen molar-refractivity contribution in [2.75, 3.05) is 31.3 Å². The SMILES string of the molecule is CCc1ccc(NC(=O)CSc2ncc(CO)n2CC(=O)NCCOC)cc1. The van der Waals surface area contributed by atoms with E-state index >= 15 is 0 Å². The second-order valence-corrected chi connectivity index (χ2v) is 6.95. The van der Waals surface area contributed by atoms with Crippen LogP contribution < -0.4 is 10.6 Å². The number of imidazole rings is 1. The first-order valence-electron chi connectivity index (χ1n) is 8.99. The van der Waals surface area contributed by atoms with E-state index in [2.05, 4.69) is 22.5 Å². The van der Waals surface area contributed by atoms with Gasteiger partial charge in [-0.25, -0.2) is 4.98 Å². The van der Waals surface area contributed by atoms with Gasteiger partial charge in [-0.15, -0.1) is 0 Å². The van der Waals surface area contributed by atoms with E-state index in [1.807, 2.05) is 24.3 Å². The van der Waals surface area contributed by atoms with E-state index in [1.54, 1.807) is 11.7 Å². The fourth-order valence-electron chi connectivity index (χ4n) is 2.45. The smallest absolute Gasteiger partial charge is 0.240 e. The summed E-state index contributed by atoms with van der Waals surface area (Å²) in [7, 11) is 1.56. The normalized spacial score (nSPS) is 10.7. The summed E-state index contributed by atoms with van der Waals surface area (Å²) in [6.07, 6.45) is 2.45. The summed E-state index contributed by atoms with van der Waals surface area (Å²) in [5, 5.41) is 15.5. The van der Waals surface area contributed by atoms with Crippen LogP contribution in [-0.4, -0.2) is 52.5 Å². The number of benzene rings is 1. The minimum atomic E-state index is -0.241. The van der Waals surface area contributed by atoms with E-state index in [1.165, 1.54) is 23.5 Å². The van der Waals surface area contributed by atoms with Crippen molar-refractivity contribution >= 4 is 29.3 Å². The molecule has 0 aliphatic carbocycles. The number of amides is 2. The lowest BCUT2D eigenvalue weighted by molar-refractivity contribution is -0.122. The standard InChI is InChI=1S/C19H26N4O4S/c1-3-14-4-6-15(7-5-14)22-18(26)13-28-19-21-10-16(12-24)23(19)11-17(25)20-8-9-27-2/h4-7,10,24H,3,8-9,11-13H2,1-2H3,(H,20,25)(H,22,26). The van der Waals surface area contributed by atoms with Crippen LogP contribution in [0.5, 0.6) is 0 Å². The van der Waals surface area contributed by atoms with E-state index in [0.29, 0.717) is 24.0 Å². The molecule has 1 heterocycles. The second-order valence-electron chi connectivity index (χ2n) is 6.01. The lowest BCUT2D eigenvalue weighted by atomic mass is 10.1. The molecule has 0 spiro atoms. The molecule has 0 fully saturated rings. The Morgan fingerprint density at radius 2 is 2.00 bits per heavy atom. The van der Waals surface area contributed by atoms with Crippen LogP contribution in [0.1, 0.15) is 18.2 Å². The van der Waals surface area contributed by atoms with Crippen molar-refractivity contribution in [3.63, 3.8) is 0 Å². The molecule has 2 rings (SSSR count). The van der Waals surface area contributed by atoms with Gasteiger partial charge in [-0.3, -0.25) is 9.59 Å². The Labute approximate surface area is 168 Å². The van der Waals surface area contributed by atoms with Crippen molar-refractivity contribution in [1.29, 1.82) is 0 Å². The molecule has 0 radical (unpaired) electrons. The molecular weight excluding hydrogens is 380 g/mol. The number of carbonyl (C=O) groups excluding carboxylic acids is 2. The van der Waals surface area contributed by atoms with Gasteiger partial charge < -0.3 is 25.0 Å². The first-order chi connectivity index (χ1) is 13.6. The Morgan fingerprint density at radius 1 is 1.25 bits per heavy atom. The van der Waals surface area contributed by atoms with Crippen LogP contribution >= 0.6 is 11.8 Å². The Kier molecular flexibility index (Phi) is 8.99. The molecule has 28 heavy (non-hydrogen) atoms. The minimum absolute atomic E-state index is 0.0159. The van der Waals surface area contributed by atoms with E-state index in [-0.39, 0.29) is 30.7 Å². The summed E-state index contributed by atoms with van der Waals surface area (Å²) in [6.45, 7) is 2.67. The van der Waals surface area contributed by atoms with Crippen LogP contribution in [0, 0.1) is 0 Å². The fourth-order valence-corrected chi connectivity index (χ4v) is 3.24. The van der Waals surface area contributed by atoms with Gasteiger partial charge in [0.05, 0.1) is 30.9 Å². The number of methoxy groups -OCH3 is 1. The minimum Gasteiger partial charge on any atom is -0.390 e. The molecule has 1 aromatic carbocycles. The van der Waals surface area contributed by atoms with E-state index in [9.17, 15) is 14.7 Å². The maximum atomic E-state index is 12.2. The fraction of sp³-hybridized carbons (Fsp3) is 0.421. The quantitative estimate of drug-likeness (QED) is 0.385. The van der Waals surface area contributed by atoms with Crippen molar-refractivity contribution in [3.8, 4) is 0 Å². The number of thioether (sulfide) groups is 1. The summed E-state index contributed by atoms with van der Waals surface area (Å²) in [6, 6.07) is 7.70. The predicted octanol–water partition coefficient (Wildman–Crippen LogP) is 1.43. The van der Waals surface area contributed by atoms with Crippen molar-refractivity contribution in [2.45, 2.75) is 31.7 Å². The highest BCUT2D eigenvalue weighted by Crippen LogP contribution is 2.19. The average Bonchev–Trinajstić information content (AvgIpc) is 3.08. The number of nitrogens with one attached hydrogen (secondary N) is 2. The number of aliphatic hydroxyl groups excluding tert-OH is 1. The van der Waals surface area contributed by atoms with Gasteiger partial charge in [-0.05, 0) is 24.1 Å². The third-order valence-electron chi connectivity index (χ3n) is 3.97. The molecule has 0 aliphatic rings. The highest BCUT2D eigenvalue weighted by Gasteiger charge is 2.15. The number of carbonyl (C=O) groups is 2. The maximum Gasteiger partial charge on any atom is 0.240 e. The predicted molar refractivity (Wildman–Crippen MR) is 108 cm³/mol. The van der Waals surface area contributed by atoms with E-state index < -0.39 is 0 Å². The Bertz CT molecular complexity index is 777. The van der Waals surface area contributed by atoms with Crippen molar-refractivity contribution < 1.29 is 19.4 Å². The molecule has 0 saturated carbocycles. The number of nitrogens with zero attached hydrogens (tertiary/aromatic N) is 2. The molecule has 0 saturated heterocycles. The number of aromatic nitrogens is 2. The molecule has 0 unspecified atom stereocenters. The number of anilines is 1. The van der Waals surface area contributed by atoms with Gasteiger partial charge in [-0.1, -0.05) is 30.8 Å². The summed E-state index contributed by atoms with van der Waals surface area (Å²) >= 11 is 1.21. The van der Waals surface area contributed by atoms with Gasteiger partial charge in [0.15, 0.2) is 5.16 Å². The van der Waals surface area contributed by atoms with Crippen LogP contribution in [0.3, 0.4) is 0 Å². The topological polar surface area (TPSA) is 105 Å². The number of aryl methyl sites for hydroxylation is 1. The van der Waals surface area contributed by atoms with Crippen LogP contribution in [0.15, 0.2) is 35.6 Å². The summed E-state index contributed by atoms with van der Waals surface area (Å²) < 4.78 is 6.51. The molecule has 3 N–H and O–H groups in total. The number of ether oxygens (including phenoxy) is 1. The maximum absolute atomic E-state index is 12.2. The summed E-state index contributed by atoms with van der Waals surface area (Å²) in [5.41, 5.74) is 2.45. The third-order valence-corrected chi connectivity index (χ3v) is 4.96. The van der Waals surface area contributed by atoms with Gasteiger partial charge in [0.25, 0.3) is 0 Å². The lowest BCUT2D eigenvalue weighted by Crippen LogP contribution is -2.31. The van der Waals surface area contributed by atoms with E-state index in [0.717, 1.165) is 12.1 Å². The zero-order chi connectivity index (χ0) is 20.4. The van der Waals surface area contributed by atoms with Gasteiger partial charge in [-0.2, -0.15) is 0 Å². The molecule has 2 aromatic rings. The van der Waals surface area contributed by atoms with Crippen LogP contribution in [0.4, 0.5) is 5.69 Å². The number of rotatable bonds is 11. The van der Waals surface area contributed by atoms with Gasteiger partial charge in [0, 0.05) is 19.3 Å². The molecule has 2 amide bonds. The Morgan fingerprint density at radius 3 is 2.64 bits per heavy atom. The van der Waals surface area contributed by atoms with Crippen LogP contribution in [-0.2, 0) is 33.9 Å². The number of hydrogen-bond donors (Lipinski definition) is 3. The largest absolute Gasteiger partial charge is 0.390 e. The third kappa shape index (κ3) is 6.66. The first-order valence-corrected chi connectivity index (χ1v) is 9.98. The van der Waals surface area contributed by atoms with E-state index in [4.69, 9.17) is 4.74 Å². The first kappa shape index (κ1) is 21.9. The Hall–Kier alpha value is -2.36. The van der Waals surface area contributed by atoms with Gasteiger partial charge >= 0.3 is 0 Å². The van der Waals surface area contributed by atoms with Crippen molar-refractivity contribution in [2.24, 2.45) is 0 Å². The zero-order valence-corrected chi connectivity index (χ0v) is 16.9. The zero-order valence-electron chi connectivity index (χ0n) is 16.1. The average molecular weight is 407 g/mol. The van der Waals surface area contributed by atoms with Crippen molar-refractivity contribution in [1.82, 2.24) is 14.9 Å². The molecule has 8 nitrogen and oxygen atoms in total. The molecule has 1 aromatic heterocycles. The number of aliphatic hydroxyl groups is 1. The van der Waals surface area contributed by atoms with Crippen LogP contribution in [0.2, 0.25) is 0 Å². The highest BCUT2D eigenvalue weighted by molar-refractivity contribution is 7.99. The molecular formula is C19H26N4O4S. The highest BCUT2D eigenvalue weighted by atomic mass is 32.2. The molecule has 0 bridgehead atoms. The number of hydrogen-bond acceptors (Lipinski definition) is 6. The van der Waals surface area contributed by atoms with Gasteiger partial charge in [0.2, 0.25) is 11.8 Å². The summed E-state index contributed by atoms with van der Waals surface area (Å²) in [5.74, 6) is -0.242.